The Hall–Kier alpha value is -1.58. The molecule has 2 aliphatic heterocycles. The maximum absolute atomic E-state index is 12.2. The molecule has 96 valence electrons. The highest BCUT2D eigenvalue weighted by atomic mass is 16.2. The predicted octanol–water partition coefficient (Wildman–Crippen LogP) is 2.80. The van der Waals surface area contributed by atoms with E-state index in [1.54, 1.807) is 6.20 Å². The lowest BCUT2D eigenvalue weighted by molar-refractivity contribution is 0.0816. The van der Waals surface area contributed by atoms with E-state index in [1.807, 2.05) is 24.0 Å². The molecule has 1 N–H and O–H groups in total. The van der Waals surface area contributed by atoms with Gasteiger partial charge in [-0.05, 0) is 50.7 Å². The van der Waals surface area contributed by atoms with Crippen LogP contribution in [0.15, 0.2) is 18.3 Å². The van der Waals surface area contributed by atoms with Crippen molar-refractivity contribution in [3.05, 3.63) is 24.0 Å². The maximum atomic E-state index is 12.2. The molecule has 0 aromatic carbocycles. The van der Waals surface area contributed by atoms with Gasteiger partial charge in [-0.2, -0.15) is 0 Å². The molecule has 4 rings (SSSR count). The SMILES string of the molecule is Cc1ccc(NC(=O)N2CC3CCC2CC3)cn1. The first-order valence-electron chi connectivity index (χ1n) is 6.72. The van der Waals surface area contributed by atoms with Crippen LogP contribution in [0.25, 0.3) is 0 Å². The molecule has 0 unspecified atom stereocenters. The first-order chi connectivity index (χ1) is 8.72. The second kappa shape index (κ2) is 4.59. The van der Waals surface area contributed by atoms with E-state index < -0.39 is 0 Å². The Kier molecular flexibility index (Phi) is 2.94. The van der Waals surface area contributed by atoms with Crippen molar-refractivity contribution < 1.29 is 4.79 Å². The minimum absolute atomic E-state index is 0.0371. The van der Waals surface area contributed by atoms with E-state index >= 15 is 0 Å². The molecule has 18 heavy (non-hydrogen) atoms. The Bertz CT molecular complexity index is 435. The largest absolute Gasteiger partial charge is 0.322 e. The summed E-state index contributed by atoms with van der Waals surface area (Å²) in [7, 11) is 0. The van der Waals surface area contributed by atoms with Gasteiger partial charge in [0.25, 0.3) is 0 Å². The lowest BCUT2D eigenvalue weighted by atomic mass is 9.80. The number of pyridine rings is 1. The van der Waals surface area contributed by atoms with Gasteiger partial charge in [-0.15, -0.1) is 0 Å². The molecule has 3 heterocycles. The van der Waals surface area contributed by atoms with E-state index in [4.69, 9.17) is 0 Å². The minimum atomic E-state index is 0.0371. The van der Waals surface area contributed by atoms with Crippen LogP contribution in [0.2, 0.25) is 0 Å². The molecule has 2 bridgehead atoms. The zero-order valence-electron chi connectivity index (χ0n) is 10.7. The number of piperidine rings is 2. The number of fused-ring (bicyclic) bond motifs is 3. The van der Waals surface area contributed by atoms with Gasteiger partial charge in [0.1, 0.15) is 0 Å². The van der Waals surface area contributed by atoms with E-state index in [9.17, 15) is 4.79 Å². The van der Waals surface area contributed by atoms with Gasteiger partial charge in [-0.3, -0.25) is 4.98 Å². The van der Waals surface area contributed by atoms with Gasteiger partial charge in [0, 0.05) is 18.3 Å². The van der Waals surface area contributed by atoms with Crippen molar-refractivity contribution in [2.24, 2.45) is 5.92 Å². The minimum Gasteiger partial charge on any atom is -0.321 e. The third kappa shape index (κ3) is 2.19. The standard InChI is InChI=1S/C14H19N3O/c1-10-2-5-12(8-15-10)16-14(18)17-9-11-3-6-13(17)7-4-11/h2,5,8,11,13H,3-4,6-7,9H2,1H3,(H,16,18). The molecular weight excluding hydrogens is 226 g/mol. The van der Waals surface area contributed by atoms with Gasteiger partial charge < -0.3 is 10.2 Å². The fourth-order valence-corrected chi connectivity index (χ4v) is 3.05. The third-order valence-corrected chi connectivity index (χ3v) is 4.14. The third-order valence-electron chi connectivity index (χ3n) is 4.14. The number of amides is 2. The predicted molar refractivity (Wildman–Crippen MR) is 70.4 cm³/mol. The van der Waals surface area contributed by atoms with Crippen molar-refractivity contribution in [1.29, 1.82) is 0 Å². The molecule has 1 aromatic heterocycles. The van der Waals surface area contributed by atoms with Crippen molar-refractivity contribution in [1.82, 2.24) is 9.88 Å². The number of carbonyl (C=O) groups is 1. The summed E-state index contributed by atoms with van der Waals surface area (Å²) >= 11 is 0. The number of hydrogen-bond acceptors (Lipinski definition) is 2. The monoisotopic (exact) mass is 245 g/mol. The molecule has 4 heteroatoms. The lowest BCUT2D eigenvalue weighted by Crippen LogP contribution is -2.52. The fourth-order valence-electron chi connectivity index (χ4n) is 3.05. The highest BCUT2D eigenvalue weighted by molar-refractivity contribution is 5.89. The Morgan fingerprint density at radius 1 is 1.33 bits per heavy atom. The van der Waals surface area contributed by atoms with E-state index in [2.05, 4.69) is 10.3 Å². The van der Waals surface area contributed by atoms with Crippen molar-refractivity contribution in [3.63, 3.8) is 0 Å². The van der Waals surface area contributed by atoms with Gasteiger partial charge >= 0.3 is 6.03 Å². The highest BCUT2D eigenvalue weighted by Crippen LogP contribution is 2.34. The summed E-state index contributed by atoms with van der Waals surface area (Å²) in [5, 5.41) is 2.95. The van der Waals surface area contributed by atoms with Gasteiger partial charge in [-0.1, -0.05) is 0 Å². The van der Waals surface area contributed by atoms with Crippen LogP contribution < -0.4 is 5.32 Å². The fraction of sp³-hybridized carbons (Fsp3) is 0.571. The molecule has 2 saturated heterocycles. The topological polar surface area (TPSA) is 45.2 Å². The smallest absolute Gasteiger partial charge is 0.321 e. The molecule has 0 radical (unpaired) electrons. The number of hydrogen-bond donors (Lipinski definition) is 1. The normalized spacial score (nSPS) is 26.2. The molecule has 0 spiro atoms. The van der Waals surface area contributed by atoms with Crippen LogP contribution in [0.4, 0.5) is 10.5 Å². The van der Waals surface area contributed by atoms with Crippen LogP contribution in [0.3, 0.4) is 0 Å². The summed E-state index contributed by atoms with van der Waals surface area (Å²) in [5.41, 5.74) is 1.75. The Labute approximate surface area is 107 Å². The molecule has 1 saturated carbocycles. The molecule has 3 fully saturated rings. The Morgan fingerprint density at radius 3 is 2.67 bits per heavy atom. The molecule has 0 atom stereocenters. The maximum Gasteiger partial charge on any atom is 0.322 e. The summed E-state index contributed by atoms with van der Waals surface area (Å²) < 4.78 is 0. The summed E-state index contributed by atoms with van der Waals surface area (Å²) in [4.78, 5) is 18.4. The average Bonchev–Trinajstić information content (AvgIpc) is 2.42. The van der Waals surface area contributed by atoms with Gasteiger partial charge in [0.2, 0.25) is 0 Å². The lowest BCUT2D eigenvalue weighted by Gasteiger charge is -2.45. The molecule has 2 amide bonds. The molecule has 1 aromatic rings. The first kappa shape index (κ1) is 11.5. The van der Waals surface area contributed by atoms with Gasteiger partial charge in [0.15, 0.2) is 0 Å². The van der Waals surface area contributed by atoms with Crippen LogP contribution in [-0.4, -0.2) is 28.5 Å². The van der Waals surface area contributed by atoms with E-state index in [0.29, 0.717) is 6.04 Å². The van der Waals surface area contributed by atoms with Crippen LogP contribution in [-0.2, 0) is 0 Å². The number of carbonyl (C=O) groups excluding carboxylic acids is 1. The second-order valence-electron chi connectivity index (χ2n) is 5.45. The summed E-state index contributed by atoms with van der Waals surface area (Å²) in [6.07, 6.45) is 6.64. The van der Waals surface area contributed by atoms with Crippen LogP contribution in [0.5, 0.6) is 0 Å². The van der Waals surface area contributed by atoms with Crippen LogP contribution >= 0.6 is 0 Å². The molecule has 1 aliphatic carbocycles. The molecular formula is C14H19N3O. The summed E-state index contributed by atoms with van der Waals surface area (Å²) in [5.74, 6) is 0.719. The van der Waals surface area contributed by atoms with E-state index in [-0.39, 0.29) is 6.03 Å². The van der Waals surface area contributed by atoms with Crippen molar-refractivity contribution >= 4 is 11.7 Å². The number of rotatable bonds is 1. The molecule has 3 aliphatic rings. The number of nitrogens with zero attached hydrogens (tertiary/aromatic N) is 2. The van der Waals surface area contributed by atoms with Gasteiger partial charge in [-0.25, -0.2) is 4.79 Å². The number of urea groups is 1. The van der Waals surface area contributed by atoms with Crippen LogP contribution in [0, 0.1) is 12.8 Å². The zero-order chi connectivity index (χ0) is 12.5. The van der Waals surface area contributed by atoms with Crippen molar-refractivity contribution in [3.8, 4) is 0 Å². The van der Waals surface area contributed by atoms with Gasteiger partial charge in [0.05, 0.1) is 11.9 Å². The average molecular weight is 245 g/mol. The zero-order valence-corrected chi connectivity index (χ0v) is 10.7. The number of aromatic nitrogens is 1. The Morgan fingerprint density at radius 2 is 2.11 bits per heavy atom. The molecule has 4 nitrogen and oxygen atoms in total. The van der Waals surface area contributed by atoms with E-state index in [0.717, 1.165) is 23.8 Å². The van der Waals surface area contributed by atoms with Crippen molar-refractivity contribution in [2.75, 3.05) is 11.9 Å². The van der Waals surface area contributed by atoms with Crippen LogP contribution in [0.1, 0.15) is 31.4 Å². The summed E-state index contributed by atoms with van der Waals surface area (Å²) in [6, 6.07) is 4.31. The number of nitrogens with one attached hydrogen (secondary N) is 1. The quantitative estimate of drug-likeness (QED) is 0.827. The summed E-state index contributed by atoms with van der Waals surface area (Å²) in [6.45, 7) is 2.87. The first-order valence-corrected chi connectivity index (χ1v) is 6.72. The highest BCUT2D eigenvalue weighted by Gasteiger charge is 2.36. The van der Waals surface area contributed by atoms with E-state index in [1.165, 1.54) is 25.7 Å². The Balaban J connectivity index is 1.66. The number of anilines is 1. The second-order valence-corrected chi connectivity index (χ2v) is 5.45. The number of aryl methyl sites for hydroxylation is 1. The van der Waals surface area contributed by atoms with Crippen molar-refractivity contribution in [2.45, 2.75) is 38.6 Å².